The Balaban J connectivity index is 1.46. The standard InChI is InChI=1S/C24H33N5O2/c1-17(2)21-16-31-23(15-30)29(21)22-11-12-25-24(27-22)26-18(3)19-7-9-20(10-8-19)28-13-5-4-6-14-28/h7-12,15,17-18,21,23H,4-6,13-14,16H2,1-3H3,(H,25,26,27). The first-order valence-corrected chi connectivity index (χ1v) is 11.4. The molecule has 166 valence electrons. The van der Waals surface area contributed by atoms with Gasteiger partial charge in [-0.2, -0.15) is 4.98 Å². The Hall–Kier alpha value is -2.67. The van der Waals surface area contributed by atoms with Gasteiger partial charge in [0.2, 0.25) is 5.95 Å². The number of ether oxygens (including phenoxy) is 1. The Morgan fingerprint density at radius 2 is 1.84 bits per heavy atom. The van der Waals surface area contributed by atoms with Gasteiger partial charge < -0.3 is 19.9 Å². The van der Waals surface area contributed by atoms with Crippen molar-refractivity contribution in [2.45, 2.75) is 58.3 Å². The smallest absolute Gasteiger partial charge is 0.225 e. The molecular formula is C24H33N5O2. The zero-order valence-corrected chi connectivity index (χ0v) is 18.7. The lowest BCUT2D eigenvalue weighted by atomic mass is 10.0. The van der Waals surface area contributed by atoms with Crippen molar-refractivity contribution in [2.75, 3.05) is 34.8 Å². The molecule has 1 aromatic carbocycles. The second kappa shape index (κ2) is 9.64. The maximum Gasteiger partial charge on any atom is 0.225 e. The highest BCUT2D eigenvalue weighted by Crippen LogP contribution is 2.29. The van der Waals surface area contributed by atoms with Crippen molar-refractivity contribution in [1.82, 2.24) is 9.97 Å². The van der Waals surface area contributed by atoms with E-state index in [1.54, 1.807) is 6.20 Å². The van der Waals surface area contributed by atoms with E-state index in [-0.39, 0.29) is 12.1 Å². The lowest BCUT2D eigenvalue weighted by molar-refractivity contribution is -0.115. The molecule has 0 spiro atoms. The largest absolute Gasteiger partial charge is 0.372 e. The normalized spacial score (nSPS) is 22.6. The van der Waals surface area contributed by atoms with Crippen molar-refractivity contribution in [3.05, 3.63) is 42.1 Å². The van der Waals surface area contributed by atoms with E-state index in [0.29, 0.717) is 24.3 Å². The minimum Gasteiger partial charge on any atom is -0.372 e. The summed E-state index contributed by atoms with van der Waals surface area (Å²) in [5.41, 5.74) is 2.48. The third-order valence-corrected chi connectivity index (χ3v) is 6.32. The summed E-state index contributed by atoms with van der Waals surface area (Å²) in [6.45, 7) is 9.18. The third-order valence-electron chi connectivity index (χ3n) is 6.32. The molecule has 7 nitrogen and oxygen atoms in total. The van der Waals surface area contributed by atoms with Gasteiger partial charge in [0.05, 0.1) is 18.7 Å². The van der Waals surface area contributed by atoms with Crippen LogP contribution in [0.4, 0.5) is 17.5 Å². The molecule has 0 bridgehead atoms. The van der Waals surface area contributed by atoms with E-state index in [0.717, 1.165) is 19.4 Å². The van der Waals surface area contributed by atoms with Gasteiger partial charge in [0.1, 0.15) is 5.82 Å². The maximum absolute atomic E-state index is 11.5. The van der Waals surface area contributed by atoms with Gasteiger partial charge in [0, 0.05) is 25.0 Å². The Bertz CT molecular complexity index is 867. The third kappa shape index (κ3) is 4.82. The highest BCUT2D eigenvalue weighted by Gasteiger charge is 2.37. The first-order valence-electron chi connectivity index (χ1n) is 11.4. The Morgan fingerprint density at radius 1 is 1.10 bits per heavy atom. The monoisotopic (exact) mass is 423 g/mol. The molecule has 2 saturated heterocycles. The van der Waals surface area contributed by atoms with Crippen LogP contribution in [0.25, 0.3) is 0 Å². The molecule has 2 aliphatic rings. The molecule has 1 aromatic heterocycles. The number of piperidine rings is 1. The van der Waals surface area contributed by atoms with Crippen molar-refractivity contribution < 1.29 is 9.53 Å². The van der Waals surface area contributed by atoms with Gasteiger partial charge in [0.25, 0.3) is 0 Å². The molecule has 7 heteroatoms. The van der Waals surface area contributed by atoms with Crippen LogP contribution in [0, 0.1) is 5.92 Å². The van der Waals surface area contributed by atoms with E-state index in [2.05, 4.69) is 60.2 Å². The van der Waals surface area contributed by atoms with E-state index in [9.17, 15) is 4.79 Å². The van der Waals surface area contributed by atoms with Crippen LogP contribution in [-0.4, -0.2) is 48.2 Å². The van der Waals surface area contributed by atoms with Crippen molar-refractivity contribution >= 4 is 23.7 Å². The highest BCUT2D eigenvalue weighted by molar-refractivity contribution is 5.64. The van der Waals surface area contributed by atoms with E-state index >= 15 is 0 Å². The van der Waals surface area contributed by atoms with Gasteiger partial charge in [0.15, 0.2) is 12.5 Å². The lowest BCUT2D eigenvalue weighted by Gasteiger charge is -2.29. The molecule has 2 aromatic rings. The molecular weight excluding hydrogens is 390 g/mol. The highest BCUT2D eigenvalue weighted by atomic mass is 16.5. The molecule has 0 aliphatic carbocycles. The van der Waals surface area contributed by atoms with E-state index in [1.807, 2.05) is 11.0 Å². The van der Waals surface area contributed by atoms with Crippen LogP contribution in [0.5, 0.6) is 0 Å². The first kappa shape index (κ1) is 21.6. The zero-order chi connectivity index (χ0) is 21.8. The number of hydrogen-bond donors (Lipinski definition) is 1. The number of hydrogen-bond acceptors (Lipinski definition) is 7. The summed E-state index contributed by atoms with van der Waals surface area (Å²) in [4.78, 5) is 25.0. The number of aldehydes is 1. The number of benzene rings is 1. The molecule has 0 saturated carbocycles. The van der Waals surface area contributed by atoms with Crippen LogP contribution in [0.2, 0.25) is 0 Å². The quantitative estimate of drug-likeness (QED) is 0.674. The molecule has 31 heavy (non-hydrogen) atoms. The summed E-state index contributed by atoms with van der Waals surface area (Å²) < 4.78 is 5.67. The Morgan fingerprint density at radius 3 is 2.52 bits per heavy atom. The first-order chi connectivity index (χ1) is 15.1. The Kier molecular flexibility index (Phi) is 6.70. The summed E-state index contributed by atoms with van der Waals surface area (Å²) >= 11 is 0. The average molecular weight is 424 g/mol. The second-order valence-corrected chi connectivity index (χ2v) is 8.82. The molecule has 3 atom stereocenters. The van der Waals surface area contributed by atoms with E-state index in [1.165, 1.54) is 30.5 Å². The fourth-order valence-corrected chi connectivity index (χ4v) is 4.43. The van der Waals surface area contributed by atoms with Crippen LogP contribution in [0.15, 0.2) is 36.5 Å². The van der Waals surface area contributed by atoms with Gasteiger partial charge >= 0.3 is 0 Å². The van der Waals surface area contributed by atoms with Crippen molar-refractivity contribution in [3.63, 3.8) is 0 Å². The fourth-order valence-electron chi connectivity index (χ4n) is 4.43. The van der Waals surface area contributed by atoms with Crippen LogP contribution >= 0.6 is 0 Å². The number of nitrogens with one attached hydrogen (secondary N) is 1. The molecule has 4 rings (SSSR count). The number of carbonyl (C=O) groups excluding carboxylic acids is 1. The fraction of sp³-hybridized carbons (Fsp3) is 0.542. The van der Waals surface area contributed by atoms with Gasteiger partial charge in [-0.15, -0.1) is 0 Å². The van der Waals surface area contributed by atoms with Crippen molar-refractivity contribution in [2.24, 2.45) is 5.92 Å². The van der Waals surface area contributed by atoms with Crippen molar-refractivity contribution in [1.29, 1.82) is 0 Å². The molecule has 3 unspecified atom stereocenters. The van der Waals surface area contributed by atoms with Crippen molar-refractivity contribution in [3.8, 4) is 0 Å². The van der Waals surface area contributed by atoms with Crippen LogP contribution < -0.4 is 15.1 Å². The second-order valence-electron chi connectivity index (χ2n) is 8.82. The van der Waals surface area contributed by atoms with E-state index < -0.39 is 6.23 Å². The predicted molar refractivity (Wildman–Crippen MR) is 123 cm³/mol. The Labute approximate surface area is 184 Å². The zero-order valence-electron chi connectivity index (χ0n) is 18.7. The summed E-state index contributed by atoms with van der Waals surface area (Å²) in [5, 5.41) is 3.41. The van der Waals surface area contributed by atoms with Gasteiger partial charge in [-0.1, -0.05) is 26.0 Å². The minimum atomic E-state index is -0.602. The molecule has 2 aliphatic heterocycles. The maximum atomic E-state index is 11.5. The molecule has 1 N–H and O–H groups in total. The molecule has 3 heterocycles. The number of aromatic nitrogens is 2. The van der Waals surface area contributed by atoms with Gasteiger partial charge in [-0.25, -0.2) is 4.98 Å². The molecule has 0 amide bonds. The summed E-state index contributed by atoms with van der Waals surface area (Å²) in [7, 11) is 0. The topological polar surface area (TPSA) is 70.6 Å². The van der Waals surface area contributed by atoms with Gasteiger partial charge in [-0.3, -0.25) is 4.79 Å². The van der Waals surface area contributed by atoms with Crippen LogP contribution in [0.3, 0.4) is 0 Å². The number of rotatable bonds is 7. The SMILES string of the molecule is CC(Nc1nccc(N2C(C=O)OCC2C(C)C)n1)c1ccc(N2CCCCC2)cc1. The summed E-state index contributed by atoms with van der Waals surface area (Å²) in [5.74, 6) is 1.59. The number of anilines is 3. The van der Waals surface area contributed by atoms with E-state index in [4.69, 9.17) is 9.72 Å². The predicted octanol–water partition coefficient (Wildman–Crippen LogP) is 4.03. The van der Waals surface area contributed by atoms with Crippen LogP contribution in [-0.2, 0) is 9.53 Å². The summed E-state index contributed by atoms with van der Waals surface area (Å²) in [6.07, 6.45) is 5.85. The summed E-state index contributed by atoms with van der Waals surface area (Å²) in [6, 6.07) is 10.8. The molecule has 0 radical (unpaired) electrons. The number of carbonyl (C=O) groups is 1. The minimum absolute atomic E-state index is 0.0586. The number of nitrogens with zero attached hydrogens (tertiary/aromatic N) is 4. The van der Waals surface area contributed by atoms with Gasteiger partial charge in [-0.05, 0) is 55.9 Å². The average Bonchev–Trinajstić information content (AvgIpc) is 3.25. The molecule has 2 fully saturated rings. The lowest BCUT2D eigenvalue weighted by Crippen LogP contribution is -2.41. The van der Waals surface area contributed by atoms with Crippen LogP contribution in [0.1, 0.15) is 51.6 Å².